The van der Waals surface area contributed by atoms with Crippen LogP contribution in [0, 0.1) is 11.3 Å². The Labute approximate surface area is 113 Å². The minimum absolute atomic E-state index is 0.00584. The third kappa shape index (κ3) is 2.68. The Hall–Kier alpha value is -2.09. The van der Waals surface area contributed by atoms with Crippen molar-refractivity contribution in [1.82, 2.24) is 9.88 Å². The number of hydrogen-bond acceptors (Lipinski definition) is 4. The van der Waals surface area contributed by atoms with E-state index in [1.165, 1.54) is 10.5 Å². The lowest BCUT2D eigenvalue weighted by Gasteiger charge is -2.21. The molecule has 100 valence electrons. The van der Waals surface area contributed by atoms with Crippen molar-refractivity contribution >= 4 is 11.7 Å². The first-order valence-electron chi connectivity index (χ1n) is 6.37. The summed E-state index contributed by atoms with van der Waals surface area (Å²) < 4.78 is 0. The SMILES string of the molecule is CN(C)C(=O)CN(C)c1nc2c(cc1C#N)CCC2. The molecule has 0 radical (unpaired) electrons. The molecule has 5 heteroatoms. The third-order valence-electron chi connectivity index (χ3n) is 3.38. The fourth-order valence-electron chi connectivity index (χ4n) is 2.25. The first-order chi connectivity index (χ1) is 9.02. The van der Waals surface area contributed by atoms with Crippen molar-refractivity contribution in [3.8, 4) is 6.07 Å². The van der Waals surface area contributed by atoms with Gasteiger partial charge in [0.15, 0.2) is 0 Å². The average molecular weight is 258 g/mol. The minimum Gasteiger partial charge on any atom is -0.349 e. The summed E-state index contributed by atoms with van der Waals surface area (Å²) in [6.45, 7) is 0.230. The Bertz CT molecular complexity index is 545. The van der Waals surface area contributed by atoms with Gasteiger partial charge in [-0.05, 0) is 30.9 Å². The molecule has 0 saturated heterocycles. The molecular weight excluding hydrogens is 240 g/mol. The number of hydrogen-bond donors (Lipinski definition) is 0. The molecule has 0 bridgehead atoms. The summed E-state index contributed by atoms with van der Waals surface area (Å²) in [6.07, 6.45) is 3.05. The fraction of sp³-hybridized carbons (Fsp3) is 0.500. The lowest BCUT2D eigenvalue weighted by molar-refractivity contribution is -0.127. The number of anilines is 1. The number of carbonyl (C=O) groups excluding carboxylic acids is 1. The van der Waals surface area contributed by atoms with Crippen LogP contribution in [0.25, 0.3) is 0 Å². The predicted octanol–water partition coefficient (Wildman–Crippen LogP) is 0.966. The van der Waals surface area contributed by atoms with Crippen molar-refractivity contribution in [3.63, 3.8) is 0 Å². The number of nitrogens with zero attached hydrogens (tertiary/aromatic N) is 4. The zero-order valence-corrected chi connectivity index (χ0v) is 11.6. The van der Waals surface area contributed by atoms with Gasteiger partial charge in [0.25, 0.3) is 0 Å². The molecular formula is C14H18N4O. The quantitative estimate of drug-likeness (QED) is 0.810. The summed E-state index contributed by atoms with van der Waals surface area (Å²) in [4.78, 5) is 19.6. The lowest BCUT2D eigenvalue weighted by atomic mass is 10.1. The van der Waals surface area contributed by atoms with Gasteiger partial charge in [0.1, 0.15) is 11.9 Å². The second-order valence-corrected chi connectivity index (χ2v) is 5.07. The highest BCUT2D eigenvalue weighted by Crippen LogP contribution is 2.26. The van der Waals surface area contributed by atoms with E-state index in [4.69, 9.17) is 0 Å². The molecule has 0 atom stereocenters. The van der Waals surface area contributed by atoms with Crippen LogP contribution < -0.4 is 4.90 Å². The highest BCUT2D eigenvalue weighted by atomic mass is 16.2. The van der Waals surface area contributed by atoms with Crippen molar-refractivity contribution in [2.24, 2.45) is 0 Å². The molecule has 0 N–H and O–H groups in total. The molecule has 1 amide bonds. The Morgan fingerprint density at radius 2 is 2.16 bits per heavy atom. The molecule has 2 rings (SSSR count). The van der Waals surface area contributed by atoms with E-state index < -0.39 is 0 Å². The number of pyridine rings is 1. The fourth-order valence-corrected chi connectivity index (χ4v) is 2.25. The van der Waals surface area contributed by atoms with Crippen molar-refractivity contribution in [3.05, 3.63) is 22.9 Å². The van der Waals surface area contributed by atoms with Crippen molar-refractivity contribution in [1.29, 1.82) is 5.26 Å². The van der Waals surface area contributed by atoms with Gasteiger partial charge in [-0.3, -0.25) is 4.79 Å². The zero-order chi connectivity index (χ0) is 14.0. The summed E-state index contributed by atoms with van der Waals surface area (Å²) in [6, 6.07) is 4.10. The number of carbonyl (C=O) groups is 1. The Morgan fingerprint density at radius 1 is 1.42 bits per heavy atom. The van der Waals surface area contributed by atoms with Crippen LogP contribution in [0.1, 0.15) is 23.2 Å². The number of aromatic nitrogens is 1. The van der Waals surface area contributed by atoms with E-state index in [9.17, 15) is 10.1 Å². The van der Waals surface area contributed by atoms with Crippen LogP contribution in [-0.2, 0) is 17.6 Å². The predicted molar refractivity (Wildman–Crippen MR) is 72.9 cm³/mol. The molecule has 5 nitrogen and oxygen atoms in total. The molecule has 0 aliphatic heterocycles. The van der Waals surface area contributed by atoms with Crippen molar-refractivity contribution in [2.45, 2.75) is 19.3 Å². The minimum atomic E-state index is -0.00584. The van der Waals surface area contributed by atoms with Crippen LogP contribution in [0.4, 0.5) is 5.82 Å². The summed E-state index contributed by atoms with van der Waals surface area (Å²) in [5.41, 5.74) is 2.79. The summed E-state index contributed by atoms with van der Waals surface area (Å²) in [7, 11) is 5.24. The molecule has 0 saturated carbocycles. The monoisotopic (exact) mass is 258 g/mol. The van der Waals surface area contributed by atoms with Crippen LogP contribution in [0.2, 0.25) is 0 Å². The largest absolute Gasteiger partial charge is 0.349 e. The van der Waals surface area contributed by atoms with E-state index in [-0.39, 0.29) is 12.5 Å². The second kappa shape index (κ2) is 5.27. The first-order valence-corrected chi connectivity index (χ1v) is 6.37. The summed E-state index contributed by atoms with van der Waals surface area (Å²) in [5, 5.41) is 9.23. The van der Waals surface area contributed by atoms with Crippen LogP contribution in [-0.4, -0.2) is 43.5 Å². The van der Waals surface area contributed by atoms with Gasteiger partial charge in [0, 0.05) is 26.8 Å². The normalized spacial score (nSPS) is 12.7. The number of aryl methyl sites for hydroxylation is 2. The van der Waals surface area contributed by atoms with Crippen LogP contribution in [0.15, 0.2) is 6.07 Å². The van der Waals surface area contributed by atoms with Crippen molar-refractivity contribution in [2.75, 3.05) is 32.6 Å². The van der Waals surface area contributed by atoms with E-state index in [1.54, 1.807) is 26.0 Å². The topological polar surface area (TPSA) is 60.2 Å². The van der Waals surface area contributed by atoms with Crippen LogP contribution in [0.3, 0.4) is 0 Å². The Morgan fingerprint density at radius 3 is 2.79 bits per heavy atom. The summed E-state index contributed by atoms with van der Waals surface area (Å²) >= 11 is 0. The van der Waals surface area contributed by atoms with Gasteiger partial charge >= 0.3 is 0 Å². The number of likely N-dealkylation sites (N-methyl/N-ethyl adjacent to an activating group) is 2. The van der Waals surface area contributed by atoms with Gasteiger partial charge in [0.05, 0.1) is 12.1 Å². The van der Waals surface area contributed by atoms with Gasteiger partial charge in [-0.15, -0.1) is 0 Å². The molecule has 1 heterocycles. The number of amides is 1. The molecule has 0 aromatic carbocycles. The molecule has 1 aromatic rings. The zero-order valence-electron chi connectivity index (χ0n) is 11.6. The first kappa shape index (κ1) is 13.3. The maximum absolute atomic E-state index is 11.7. The smallest absolute Gasteiger partial charge is 0.241 e. The maximum atomic E-state index is 11.7. The van der Waals surface area contributed by atoms with E-state index >= 15 is 0 Å². The molecule has 0 unspecified atom stereocenters. The molecule has 1 aliphatic carbocycles. The summed E-state index contributed by atoms with van der Waals surface area (Å²) in [5.74, 6) is 0.604. The molecule has 0 spiro atoms. The molecule has 1 aromatic heterocycles. The maximum Gasteiger partial charge on any atom is 0.241 e. The lowest BCUT2D eigenvalue weighted by Crippen LogP contribution is -2.35. The second-order valence-electron chi connectivity index (χ2n) is 5.07. The molecule has 19 heavy (non-hydrogen) atoms. The van der Waals surface area contributed by atoms with Crippen LogP contribution >= 0.6 is 0 Å². The average Bonchev–Trinajstić information content (AvgIpc) is 2.83. The van der Waals surface area contributed by atoms with E-state index in [2.05, 4.69) is 11.1 Å². The Kier molecular flexibility index (Phi) is 3.70. The molecule has 0 fully saturated rings. The van der Waals surface area contributed by atoms with Gasteiger partial charge in [-0.25, -0.2) is 4.98 Å². The highest BCUT2D eigenvalue weighted by Gasteiger charge is 2.19. The highest BCUT2D eigenvalue weighted by molar-refractivity contribution is 5.81. The standard InChI is InChI=1S/C14H18N4O/c1-17(2)13(19)9-18(3)14-11(8-15)7-10-5-4-6-12(10)16-14/h7H,4-6,9H2,1-3H3. The van der Waals surface area contributed by atoms with E-state index in [0.717, 1.165) is 25.0 Å². The van der Waals surface area contributed by atoms with Gasteiger partial charge in [0.2, 0.25) is 5.91 Å². The number of fused-ring (bicyclic) bond motifs is 1. The Balaban J connectivity index is 2.29. The molecule has 1 aliphatic rings. The van der Waals surface area contributed by atoms with Crippen molar-refractivity contribution < 1.29 is 4.79 Å². The van der Waals surface area contributed by atoms with Gasteiger partial charge in [-0.1, -0.05) is 0 Å². The number of rotatable bonds is 3. The van der Waals surface area contributed by atoms with Gasteiger partial charge < -0.3 is 9.80 Å². The van der Waals surface area contributed by atoms with E-state index in [1.807, 2.05) is 6.07 Å². The van der Waals surface area contributed by atoms with Gasteiger partial charge in [-0.2, -0.15) is 5.26 Å². The van der Waals surface area contributed by atoms with E-state index in [0.29, 0.717) is 11.4 Å². The van der Waals surface area contributed by atoms with Crippen LogP contribution in [0.5, 0.6) is 0 Å². The third-order valence-corrected chi connectivity index (χ3v) is 3.38. The number of nitriles is 1.